The molecule has 5 rings (SSSR count). The molecule has 3 saturated heterocycles. The standard InChI is InChI=1S/C21H25N5O2S/c1-24-10-7-21(18(24)28)15-26(19-22-8-3-9-23-19)14-20(21)5-11-25(12-6-20)17(27)16-4-2-13-29-16/h2-4,8-9,13H,5-7,10-12,14-15H2,1H3. The zero-order valence-electron chi connectivity index (χ0n) is 16.6. The lowest BCUT2D eigenvalue weighted by Crippen LogP contribution is -2.53. The van der Waals surface area contributed by atoms with E-state index in [0.717, 1.165) is 37.2 Å². The van der Waals surface area contributed by atoms with E-state index >= 15 is 0 Å². The molecule has 2 aromatic rings. The summed E-state index contributed by atoms with van der Waals surface area (Å²) < 4.78 is 0. The van der Waals surface area contributed by atoms with E-state index in [1.54, 1.807) is 12.4 Å². The van der Waals surface area contributed by atoms with Crippen molar-refractivity contribution in [1.29, 1.82) is 0 Å². The fourth-order valence-electron chi connectivity index (χ4n) is 5.56. The summed E-state index contributed by atoms with van der Waals surface area (Å²) in [7, 11) is 1.90. The van der Waals surface area contributed by atoms with Gasteiger partial charge in [-0.2, -0.15) is 0 Å². The minimum absolute atomic E-state index is 0.111. The Morgan fingerprint density at radius 2 is 1.83 bits per heavy atom. The third-order valence-corrected chi connectivity index (χ3v) is 8.03. The lowest BCUT2D eigenvalue weighted by atomic mass is 9.60. The van der Waals surface area contributed by atoms with E-state index in [0.29, 0.717) is 25.6 Å². The summed E-state index contributed by atoms with van der Waals surface area (Å²) in [6.07, 6.45) is 6.06. The van der Waals surface area contributed by atoms with Gasteiger partial charge >= 0.3 is 0 Å². The number of rotatable bonds is 2. The van der Waals surface area contributed by atoms with Gasteiger partial charge in [-0.25, -0.2) is 9.97 Å². The number of aromatic nitrogens is 2. The molecule has 1 atom stereocenters. The van der Waals surface area contributed by atoms with Gasteiger partial charge in [0.05, 0.1) is 10.3 Å². The molecule has 2 amide bonds. The molecule has 152 valence electrons. The van der Waals surface area contributed by atoms with Crippen molar-refractivity contribution in [3.63, 3.8) is 0 Å². The number of piperidine rings is 1. The summed E-state index contributed by atoms with van der Waals surface area (Å²) in [6.45, 7) is 3.62. The molecule has 3 fully saturated rings. The zero-order chi connectivity index (χ0) is 20.1. The topological polar surface area (TPSA) is 69.6 Å². The molecular weight excluding hydrogens is 386 g/mol. The molecule has 0 aromatic carbocycles. The van der Waals surface area contributed by atoms with Gasteiger partial charge in [0, 0.05) is 57.6 Å². The van der Waals surface area contributed by atoms with Crippen LogP contribution < -0.4 is 4.90 Å². The van der Waals surface area contributed by atoms with Crippen molar-refractivity contribution in [3.05, 3.63) is 40.8 Å². The Kier molecular flexibility index (Phi) is 4.34. The van der Waals surface area contributed by atoms with Crippen LogP contribution in [0, 0.1) is 10.8 Å². The second-order valence-electron chi connectivity index (χ2n) is 8.51. The Hall–Kier alpha value is -2.48. The van der Waals surface area contributed by atoms with Crippen molar-refractivity contribution >= 4 is 29.1 Å². The van der Waals surface area contributed by atoms with Crippen molar-refractivity contribution < 1.29 is 9.59 Å². The van der Waals surface area contributed by atoms with Crippen LogP contribution in [0.5, 0.6) is 0 Å². The molecule has 2 aromatic heterocycles. The van der Waals surface area contributed by atoms with Crippen molar-refractivity contribution in [2.45, 2.75) is 19.3 Å². The Bertz CT molecular complexity index is 910. The third kappa shape index (κ3) is 2.76. The van der Waals surface area contributed by atoms with E-state index in [4.69, 9.17) is 0 Å². The number of hydrogen-bond acceptors (Lipinski definition) is 6. The van der Waals surface area contributed by atoms with E-state index < -0.39 is 5.41 Å². The van der Waals surface area contributed by atoms with Crippen LogP contribution in [0.15, 0.2) is 36.0 Å². The van der Waals surface area contributed by atoms with E-state index in [9.17, 15) is 9.59 Å². The smallest absolute Gasteiger partial charge is 0.263 e. The predicted octanol–water partition coefficient (Wildman–Crippen LogP) is 2.13. The number of likely N-dealkylation sites (tertiary alicyclic amines) is 2. The van der Waals surface area contributed by atoms with Gasteiger partial charge in [0.1, 0.15) is 0 Å². The van der Waals surface area contributed by atoms with Gasteiger partial charge in [-0.1, -0.05) is 6.07 Å². The summed E-state index contributed by atoms with van der Waals surface area (Å²) in [6, 6.07) is 5.62. The van der Waals surface area contributed by atoms with Crippen molar-refractivity contribution in [3.8, 4) is 0 Å². The minimum atomic E-state index is -0.404. The second-order valence-corrected chi connectivity index (χ2v) is 9.46. The summed E-state index contributed by atoms with van der Waals surface area (Å²) >= 11 is 1.49. The first-order valence-electron chi connectivity index (χ1n) is 10.2. The average Bonchev–Trinajstić information content (AvgIpc) is 3.46. The number of anilines is 1. The van der Waals surface area contributed by atoms with Gasteiger partial charge in [0.2, 0.25) is 11.9 Å². The van der Waals surface area contributed by atoms with E-state index in [1.807, 2.05) is 40.4 Å². The Balaban J connectivity index is 1.43. The highest BCUT2D eigenvalue weighted by Crippen LogP contribution is 2.58. The quantitative estimate of drug-likeness (QED) is 0.757. The van der Waals surface area contributed by atoms with Crippen LogP contribution >= 0.6 is 11.3 Å². The SMILES string of the molecule is CN1CCC2(CN(c3ncccn3)CC23CCN(C(=O)c2cccs2)CC3)C1=O. The summed E-state index contributed by atoms with van der Waals surface area (Å²) in [5.74, 6) is 1.05. The Labute approximate surface area is 174 Å². The summed E-state index contributed by atoms with van der Waals surface area (Å²) in [4.78, 5) is 41.9. The van der Waals surface area contributed by atoms with Crippen LogP contribution in [0.1, 0.15) is 28.9 Å². The number of carbonyl (C=O) groups is 2. The largest absolute Gasteiger partial charge is 0.345 e. The first kappa shape index (κ1) is 18.5. The number of carbonyl (C=O) groups excluding carboxylic acids is 2. The van der Waals surface area contributed by atoms with E-state index in [1.165, 1.54) is 11.3 Å². The van der Waals surface area contributed by atoms with Gasteiger partial charge in [-0.05, 0) is 36.8 Å². The minimum Gasteiger partial charge on any atom is -0.345 e. The molecule has 29 heavy (non-hydrogen) atoms. The molecule has 0 bridgehead atoms. The van der Waals surface area contributed by atoms with Crippen LogP contribution in [0.4, 0.5) is 5.95 Å². The Morgan fingerprint density at radius 3 is 2.45 bits per heavy atom. The van der Waals surface area contributed by atoms with Crippen LogP contribution in [0.2, 0.25) is 0 Å². The normalized spacial score (nSPS) is 26.1. The van der Waals surface area contributed by atoms with Gasteiger partial charge in [-0.15, -0.1) is 11.3 Å². The molecule has 3 aliphatic rings. The highest BCUT2D eigenvalue weighted by atomic mass is 32.1. The second kappa shape index (κ2) is 6.79. The van der Waals surface area contributed by atoms with Gasteiger partial charge < -0.3 is 14.7 Å². The maximum Gasteiger partial charge on any atom is 0.263 e. The number of fused-ring (bicyclic) bond motifs is 1. The van der Waals surface area contributed by atoms with Gasteiger partial charge in [0.25, 0.3) is 5.91 Å². The third-order valence-electron chi connectivity index (χ3n) is 7.17. The molecule has 2 spiro atoms. The molecule has 0 radical (unpaired) electrons. The first-order chi connectivity index (χ1) is 14.0. The Morgan fingerprint density at radius 1 is 1.07 bits per heavy atom. The van der Waals surface area contributed by atoms with Crippen LogP contribution in [-0.4, -0.2) is 71.4 Å². The van der Waals surface area contributed by atoms with Crippen molar-refractivity contribution in [2.75, 3.05) is 44.7 Å². The zero-order valence-corrected chi connectivity index (χ0v) is 17.4. The summed E-state index contributed by atoms with van der Waals surface area (Å²) in [5, 5.41) is 1.94. The highest BCUT2D eigenvalue weighted by molar-refractivity contribution is 7.12. The van der Waals surface area contributed by atoms with Gasteiger partial charge in [-0.3, -0.25) is 9.59 Å². The molecule has 0 aliphatic carbocycles. The fourth-order valence-corrected chi connectivity index (χ4v) is 6.25. The van der Waals surface area contributed by atoms with Gasteiger partial charge in [0.15, 0.2) is 0 Å². The average molecular weight is 412 g/mol. The molecule has 1 unspecified atom stereocenters. The molecule has 3 aliphatic heterocycles. The maximum atomic E-state index is 13.4. The molecule has 0 N–H and O–H groups in total. The predicted molar refractivity (Wildman–Crippen MR) is 111 cm³/mol. The maximum absolute atomic E-state index is 13.4. The van der Waals surface area contributed by atoms with Crippen LogP contribution in [0.3, 0.4) is 0 Å². The monoisotopic (exact) mass is 411 g/mol. The summed E-state index contributed by atoms with van der Waals surface area (Å²) in [5.41, 5.74) is -0.542. The van der Waals surface area contributed by atoms with Crippen LogP contribution in [-0.2, 0) is 4.79 Å². The fraction of sp³-hybridized carbons (Fsp3) is 0.524. The van der Waals surface area contributed by atoms with E-state index in [-0.39, 0.29) is 17.2 Å². The lowest BCUT2D eigenvalue weighted by Gasteiger charge is -2.46. The number of amides is 2. The molecule has 8 heteroatoms. The highest BCUT2D eigenvalue weighted by Gasteiger charge is 2.65. The van der Waals surface area contributed by atoms with Crippen molar-refractivity contribution in [2.24, 2.45) is 10.8 Å². The van der Waals surface area contributed by atoms with Crippen molar-refractivity contribution in [1.82, 2.24) is 19.8 Å². The van der Waals surface area contributed by atoms with E-state index in [2.05, 4.69) is 14.9 Å². The molecule has 5 heterocycles. The first-order valence-corrected chi connectivity index (χ1v) is 11.0. The lowest BCUT2D eigenvalue weighted by molar-refractivity contribution is -0.140. The molecule has 0 saturated carbocycles. The van der Waals surface area contributed by atoms with Crippen LogP contribution in [0.25, 0.3) is 0 Å². The molecular formula is C21H25N5O2S. The number of nitrogens with zero attached hydrogens (tertiary/aromatic N) is 5. The number of thiophene rings is 1. The molecule has 7 nitrogen and oxygen atoms in total. The number of hydrogen-bond donors (Lipinski definition) is 0.